The smallest absolute Gasteiger partial charge is 0.231 e. The summed E-state index contributed by atoms with van der Waals surface area (Å²) in [5, 5.41) is 3.35. The Balaban J connectivity index is 1.39. The molecule has 0 bridgehead atoms. The van der Waals surface area contributed by atoms with Gasteiger partial charge in [-0.25, -0.2) is 4.98 Å². The molecule has 0 spiro atoms. The van der Waals surface area contributed by atoms with Crippen molar-refractivity contribution in [2.45, 2.75) is 20.4 Å². The van der Waals surface area contributed by atoms with Crippen LogP contribution in [0.4, 0.5) is 5.13 Å². The highest BCUT2D eigenvalue weighted by Crippen LogP contribution is 2.34. The fraction of sp³-hybridized carbons (Fsp3) is 0.409. The van der Waals surface area contributed by atoms with Crippen LogP contribution >= 0.6 is 11.3 Å². The molecule has 3 aromatic rings. The van der Waals surface area contributed by atoms with Crippen LogP contribution in [-0.2, 0) is 6.54 Å². The van der Waals surface area contributed by atoms with E-state index in [2.05, 4.69) is 53.9 Å². The average Bonchev–Trinajstić information content (AvgIpc) is 3.44. The molecule has 7 heteroatoms. The van der Waals surface area contributed by atoms with Crippen LogP contribution in [0.2, 0.25) is 0 Å². The number of ether oxygens (including phenoxy) is 2. The minimum absolute atomic E-state index is 0.311. The molecule has 2 aromatic heterocycles. The van der Waals surface area contributed by atoms with Crippen molar-refractivity contribution >= 4 is 16.5 Å². The van der Waals surface area contributed by atoms with Gasteiger partial charge in [0.25, 0.3) is 0 Å². The van der Waals surface area contributed by atoms with Crippen molar-refractivity contribution in [3.8, 4) is 22.8 Å². The van der Waals surface area contributed by atoms with Gasteiger partial charge < -0.3 is 23.8 Å². The van der Waals surface area contributed by atoms with E-state index in [0.29, 0.717) is 6.79 Å². The summed E-state index contributed by atoms with van der Waals surface area (Å²) in [6.07, 6.45) is 0. The molecule has 6 nitrogen and oxygen atoms in total. The first kappa shape index (κ1) is 18.5. The van der Waals surface area contributed by atoms with Gasteiger partial charge in [-0.2, -0.15) is 0 Å². The first-order valence-corrected chi connectivity index (χ1v) is 11.0. The van der Waals surface area contributed by atoms with E-state index in [1.807, 2.05) is 6.07 Å². The van der Waals surface area contributed by atoms with Crippen molar-refractivity contribution in [1.29, 1.82) is 0 Å². The van der Waals surface area contributed by atoms with Gasteiger partial charge >= 0.3 is 0 Å². The Labute approximate surface area is 175 Å². The number of nitrogens with zero attached hydrogens (tertiary/aromatic N) is 3. The molecule has 2 aliphatic rings. The molecule has 1 N–H and O–H groups in total. The monoisotopic (exact) mass is 411 g/mol. The molecule has 1 saturated heterocycles. The molecule has 0 saturated carbocycles. The number of hydrogen-bond acceptors (Lipinski definition) is 5. The predicted octanol–water partition coefficient (Wildman–Crippen LogP) is 2.34. The van der Waals surface area contributed by atoms with Gasteiger partial charge in [-0.1, -0.05) is 6.07 Å². The number of fused-ring (bicyclic) bond motifs is 1. The molecular weight excluding hydrogens is 384 g/mol. The van der Waals surface area contributed by atoms with E-state index in [0.717, 1.165) is 42.0 Å². The van der Waals surface area contributed by atoms with Crippen LogP contribution in [0, 0.1) is 13.8 Å². The van der Waals surface area contributed by atoms with Gasteiger partial charge in [0.05, 0.1) is 38.9 Å². The van der Waals surface area contributed by atoms with Crippen molar-refractivity contribution in [1.82, 2.24) is 9.55 Å². The minimum atomic E-state index is 0.311. The Kier molecular flexibility index (Phi) is 4.72. The first-order valence-electron chi connectivity index (χ1n) is 10.2. The lowest BCUT2D eigenvalue weighted by molar-refractivity contribution is -0.880. The molecule has 0 amide bonds. The zero-order valence-electron chi connectivity index (χ0n) is 17.2. The second-order valence-corrected chi connectivity index (χ2v) is 8.85. The molecule has 4 heterocycles. The lowest BCUT2D eigenvalue weighted by Crippen LogP contribution is -3.12. The average molecular weight is 412 g/mol. The molecule has 0 unspecified atom stereocenters. The largest absolute Gasteiger partial charge is 0.454 e. The van der Waals surface area contributed by atoms with Crippen molar-refractivity contribution < 1.29 is 14.4 Å². The van der Waals surface area contributed by atoms with E-state index in [1.165, 1.54) is 35.6 Å². The van der Waals surface area contributed by atoms with Gasteiger partial charge in [-0.15, -0.1) is 11.3 Å². The third kappa shape index (κ3) is 3.49. The highest BCUT2D eigenvalue weighted by atomic mass is 32.1. The third-order valence-electron chi connectivity index (χ3n) is 6.01. The van der Waals surface area contributed by atoms with Crippen molar-refractivity contribution in [2.24, 2.45) is 0 Å². The van der Waals surface area contributed by atoms with Crippen LogP contribution in [0.15, 0.2) is 29.6 Å². The maximum atomic E-state index is 5.53. The summed E-state index contributed by atoms with van der Waals surface area (Å²) in [6, 6.07) is 8.45. The van der Waals surface area contributed by atoms with Crippen LogP contribution < -0.4 is 19.3 Å². The Bertz CT molecular complexity index is 1030. The fourth-order valence-corrected chi connectivity index (χ4v) is 5.02. The second-order valence-electron chi connectivity index (χ2n) is 8.02. The molecule has 152 valence electrons. The van der Waals surface area contributed by atoms with Gasteiger partial charge in [0.2, 0.25) is 6.79 Å². The molecule has 2 aliphatic heterocycles. The number of likely N-dealkylation sites (N-methyl/N-ethyl adjacent to an activating group) is 1. The molecule has 1 fully saturated rings. The van der Waals surface area contributed by atoms with Gasteiger partial charge in [-0.05, 0) is 37.6 Å². The van der Waals surface area contributed by atoms with E-state index in [9.17, 15) is 0 Å². The zero-order valence-corrected chi connectivity index (χ0v) is 18.0. The Hall–Kier alpha value is -2.51. The number of anilines is 1. The zero-order chi connectivity index (χ0) is 20.0. The third-order valence-corrected chi connectivity index (χ3v) is 6.91. The summed E-state index contributed by atoms with van der Waals surface area (Å²) in [7, 11) is 2.26. The van der Waals surface area contributed by atoms with Crippen LogP contribution in [0.25, 0.3) is 11.3 Å². The SMILES string of the molecule is Cc1cc(-c2csc(N3CC[NH+](C)CC3)n2)c(C)n1Cc1ccc2c(c1)OCO2. The van der Waals surface area contributed by atoms with E-state index in [4.69, 9.17) is 14.5 Å². The normalized spacial score (nSPS) is 16.6. The first-order chi connectivity index (χ1) is 14.1. The Morgan fingerprint density at radius 2 is 1.90 bits per heavy atom. The fourth-order valence-electron chi connectivity index (χ4n) is 4.14. The van der Waals surface area contributed by atoms with Crippen LogP contribution in [0.1, 0.15) is 17.0 Å². The van der Waals surface area contributed by atoms with E-state index < -0.39 is 0 Å². The number of hydrogen-bond donors (Lipinski definition) is 1. The summed E-state index contributed by atoms with van der Waals surface area (Å²) in [4.78, 5) is 9.01. The predicted molar refractivity (Wildman–Crippen MR) is 116 cm³/mol. The maximum absolute atomic E-state index is 5.53. The highest BCUT2D eigenvalue weighted by molar-refractivity contribution is 7.14. The number of quaternary nitrogens is 1. The van der Waals surface area contributed by atoms with E-state index in [1.54, 1.807) is 16.2 Å². The second kappa shape index (κ2) is 7.39. The summed E-state index contributed by atoms with van der Waals surface area (Å²) >= 11 is 1.76. The molecular formula is C22H27N4O2S+. The number of aromatic nitrogens is 2. The molecule has 0 radical (unpaired) electrons. The van der Waals surface area contributed by atoms with Crippen LogP contribution in [0.5, 0.6) is 11.5 Å². The van der Waals surface area contributed by atoms with Gasteiger partial charge in [0.1, 0.15) is 0 Å². The lowest BCUT2D eigenvalue weighted by atomic mass is 10.2. The van der Waals surface area contributed by atoms with Crippen molar-refractivity contribution in [3.63, 3.8) is 0 Å². The Morgan fingerprint density at radius 1 is 1.10 bits per heavy atom. The summed E-state index contributed by atoms with van der Waals surface area (Å²) in [5.41, 5.74) is 6.01. The highest BCUT2D eigenvalue weighted by Gasteiger charge is 2.21. The number of piperazine rings is 1. The molecule has 1 aromatic carbocycles. The van der Waals surface area contributed by atoms with Gasteiger partial charge in [0.15, 0.2) is 16.6 Å². The van der Waals surface area contributed by atoms with Crippen molar-refractivity contribution in [3.05, 3.63) is 46.6 Å². The molecule has 5 rings (SSSR count). The summed E-state index contributed by atoms with van der Waals surface area (Å²) in [6.45, 7) is 10.0. The number of nitrogens with one attached hydrogen (secondary N) is 1. The lowest BCUT2D eigenvalue weighted by Gasteiger charge is -2.29. The number of rotatable bonds is 4. The van der Waals surface area contributed by atoms with Crippen LogP contribution in [0.3, 0.4) is 0 Å². The van der Waals surface area contributed by atoms with E-state index in [-0.39, 0.29) is 0 Å². The summed E-state index contributed by atoms with van der Waals surface area (Å²) in [5.74, 6) is 1.67. The summed E-state index contributed by atoms with van der Waals surface area (Å²) < 4.78 is 13.3. The number of benzene rings is 1. The standard InChI is InChI=1S/C22H26N4O2S/c1-15-10-18(19-13-29-22(23-19)25-8-6-24(3)7-9-25)16(2)26(15)12-17-4-5-20-21(11-17)28-14-27-20/h4-5,10-11,13H,6-9,12,14H2,1-3H3/p+1. The molecule has 0 atom stereocenters. The molecule has 29 heavy (non-hydrogen) atoms. The number of aryl methyl sites for hydroxylation is 1. The van der Waals surface area contributed by atoms with Crippen LogP contribution in [-0.4, -0.2) is 49.6 Å². The topological polar surface area (TPSA) is 44.0 Å². The molecule has 0 aliphatic carbocycles. The number of thiazole rings is 1. The minimum Gasteiger partial charge on any atom is -0.454 e. The maximum Gasteiger partial charge on any atom is 0.231 e. The van der Waals surface area contributed by atoms with Crippen molar-refractivity contribution in [2.75, 3.05) is 44.9 Å². The van der Waals surface area contributed by atoms with Gasteiger partial charge in [0, 0.05) is 28.9 Å². The van der Waals surface area contributed by atoms with Gasteiger partial charge in [-0.3, -0.25) is 0 Å². The Morgan fingerprint density at radius 3 is 2.72 bits per heavy atom. The van der Waals surface area contributed by atoms with E-state index >= 15 is 0 Å². The quantitative estimate of drug-likeness (QED) is 0.716.